The minimum Gasteiger partial charge on any atom is -0.349 e. The van der Waals surface area contributed by atoms with Gasteiger partial charge in [0, 0.05) is 10.6 Å². The van der Waals surface area contributed by atoms with Gasteiger partial charge in [-0.2, -0.15) is 0 Å². The Bertz CT molecular complexity index is 446. The van der Waals surface area contributed by atoms with Crippen LogP contribution >= 0.6 is 11.6 Å². The van der Waals surface area contributed by atoms with Crippen molar-refractivity contribution in [3.8, 4) is 0 Å². The van der Waals surface area contributed by atoms with Crippen LogP contribution in [0.1, 0.15) is 46.2 Å². The first-order valence-corrected chi connectivity index (χ1v) is 6.79. The molecular formula is C15H23ClN2O. The second-order valence-corrected chi connectivity index (χ2v) is 6.53. The standard InChI is InChI=1S/C15H23ClN2O/c1-10(11-6-8-12(16)9-7-11)18-13(19)14(2,3)15(4,5)17/h6-10H,17H2,1-5H3,(H,18,19). The maximum atomic E-state index is 12.3. The van der Waals surface area contributed by atoms with Gasteiger partial charge in [0.1, 0.15) is 0 Å². The molecule has 0 fully saturated rings. The largest absolute Gasteiger partial charge is 0.349 e. The lowest BCUT2D eigenvalue weighted by molar-refractivity contribution is -0.132. The number of hydrogen-bond donors (Lipinski definition) is 2. The normalized spacial score (nSPS) is 14.1. The van der Waals surface area contributed by atoms with Crippen LogP contribution in [0.5, 0.6) is 0 Å². The molecule has 1 rings (SSSR count). The number of amides is 1. The van der Waals surface area contributed by atoms with Crippen molar-refractivity contribution in [2.45, 2.75) is 46.2 Å². The summed E-state index contributed by atoms with van der Waals surface area (Å²) in [6.45, 7) is 9.38. The molecule has 1 aromatic rings. The van der Waals surface area contributed by atoms with Crippen LogP contribution in [0.25, 0.3) is 0 Å². The van der Waals surface area contributed by atoms with Crippen molar-refractivity contribution in [3.63, 3.8) is 0 Å². The lowest BCUT2D eigenvalue weighted by atomic mass is 9.74. The van der Waals surface area contributed by atoms with Gasteiger partial charge in [0.2, 0.25) is 5.91 Å². The van der Waals surface area contributed by atoms with Crippen molar-refractivity contribution in [2.24, 2.45) is 11.1 Å². The zero-order valence-corrected chi connectivity index (χ0v) is 13.0. The van der Waals surface area contributed by atoms with Crippen molar-refractivity contribution in [2.75, 3.05) is 0 Å². The molecule has 3 N–H and O–H groups in total. The van der Waals surface area contributed by atoms with Gasteiger partial charge in [0.25, 0.3) is 0 Å². The Morgan fingerprint density at radius 1 is 1.21 bits per heavy atom. The topological polar surface area (TPSA) is 55.1 Å². The van der Waals surface area contributed by atoms with Crippen molar-refractivity contribution < 1.29 is 4.79 Å². The molecule has 3 nitrogen and oxygen atoms in total. The average molecular weight is 283 g/mol. The summed E-state index contributed by atoms with van der Waals surface area (Å²) < 4.78 is 0. The van der Waals surface area contributed by atoms with Gasteiger partial charge >= 0.3 is 0 Å². The van der Waals surface area contributed by atoms with Gasteiger partial charge in [-0.3, -0.25) is 4.79 Å². The van der Waals surface area contributed by atoms with Crippen molar-refractivity contribution in [1.82, 2.24) is 5.32 Å². The highest BCUT2D eigenvalue weighted by molar-refractivity contribution is 6.30. The van der Waals surface area contributed by atoms with Gasteiger partial charge in [-0.25, -0.2) is 0 Å². The molecule has 0 spiro atoms. The van der Waals surface area contributed by atoms with E-state index in [-0.39, 0.29) is 11.9 Å². The van der Waals surface area contributed by atoms with E-state index in [2.05, 4.69) is 5.32 Å². The zero-order valence-electron chi connectivity index (χ0n) is 12.3. The third-order valence-corrected chi connectivity index (χ3v) is 4.15. The van der Waals surface area contributed by atoms with Gasteiger partial charge in [-0.15, -0.1) is 0 Å². The summed E-state index contributed by atoms with van der Waals surface area (Å²) in [4.78, 5) is 12.3. The molecule has 0 saturated heterocycles. The Morgan fingerprint density at radius 3 is 2.11 bits per heavy atom. The number of halogens is 1. The predicted octanol–water partition coefficient (Wildman–Crippen LogP) is 3.28. The molecule has 0 aliphatic carbocycles. The molecule has 1 atom stereocenters. The third-order valence-electron chi connectivity index (χ3n) is 3.90. The minimum absolute atomic E-state index is 0.0533. The molecule has 1 amide bonds. The predicted molar refractivity (Wildman–Crippen MR) is 80.1 cm³/mol. The quantitative estimate of drug-likeness (QED) is 0.890. The summed E-state index contributed by atoms with van der Waals surface area (Å²) in [5.74, 6) is -0.0533. The Balaban J connectivity index is 2.80. The van der Waals surface area contributed by atoms with Crippen LogP contribution in [0.2, 0.25) is 5.02 Å². The maximum absolute atomic E-state index is 12.3. The summed E-state index contributed by atoms with van der Waals surface area (Å²) in [6.07, 6.45) is 0. The van der Waals surface area contributed by atoms with E-state index in [0.29, 0.717) is 5.02 Å². The second kappa shape index (κ2) is 5.51. The van der Waals surface area contributed by atoms with Gasteiger partial charge < -0.3 is 11.1 Å². The fourth-order valence-corrected chi connectivity index (χ4v) is 1.63. The molecule has 1 aromatic carbocycles. The van der Waals surface area contributed by atoms with Crippen LogP contribution in [0.3, 0.4) is 0 Å². The number of hydrogen-bond acceptors (Lipinski definition) is 2. The number of nitrogens with one attached hydrogen (secondary N) is 1. The van der Waals surface area contributed by atoms with Crippen LogP contribution in [0.4, 0.5) is 0 Å². The number of carbonyl (C=O) groups is 1. The first-order chi connectivity index (χ1) is 8.55. The molecule has 106 valence electrons. The number of nitrogens with two attached hydrogens (primary N) is 1. The van der Waals surface area contributed by atoms with Crippen LogP contribution in [-0.2, 0) is 4.79 Å². The Hall–Kier alpha value is -1.06. The third kappa shape index (κ3) is 3.71. The summed E-state index contributed by atoms with van der Waals surface area (Å²) in [5, 5.41) is 3.69. The fraction of sp³-hybridized carbons (Fsp3) is 0.533. The highest BCUT2D eigenvalue weighted by atomic mass is 35.5. The molecule has 0 bridgehead atoms. The summed E-state index contributed by atoms with van der Waals surface area (Å²) >= 11 is 5.85. The zero-order chi connectivity index (χ0) is 14.8. The molecule has 1 unspecified atom stereocenters. The lowest BCUT2D eigenvalue weighted by Crippen LogP contribution is -2.55. The highest BCUT2D eigenvalue weighted by Crippen LogP contribution is 2.29. The van der Waals surface area contributed by atoms with E-state index >= 15 is 0 Å². The van der Waals surface area contributed by atoms with E-state index in [1.54, 1.807) is 0 Å². The summed E-state index contributed by atoms with van der Waals surface area (Å²) in [6, 6.07) is 7.38. The van der Waals surface area contributed by atoms with Crippen LogP contribution in [0, 0.1) is 5.41 Å². The van der Waals surface area contributed by atoms with Crippen molar-refractivity contribution in [1.29, 1.82) is 0 Å². The van der Waals surface area contributed by atoms with Crippen LogP contribution in [-0.4, -0.2) is 11.4 Å². The van der Waals surface area contributed by atoms with Crippen molar-refractivity contribution in [3.05, 3.63) is 34.9 Å². The lowest BCUT2D eigenvalue weighted by Gasteiger charge is -2.37. The molecule has 0 radical (unpaired) electrons. The number of rotatable bonds is 4. The fourth-order valence-electron chi connectivity index (χ4n) is 1.50. The van der Waals surface area contributed by atoms with E-state index in [9.17, 15) is 4.79 Å². The molecule has 0 aliphatic heterocycles. The Labute approximate surface area is 120 Å². The molecular weight excluding hydrogens is 260 g/mol. The SMILES string of the molecule is CC(NC(=O)C(C)(C)C(C)(C)N)c1ccc(Cl)cc1. The number of carbonyl (C=O) groups excluding carboxylic acids is 1. The number of benzene rings is 1. The first kappa shape index (κ1) is 16.0. The van der Waals surface area contributed by atoms with E-state index in [1.165, 1.54) is 0 Å². The van der Waals surface area contributed by atoms with E-state index in [4.69, 9.17) is 17.3 Å². The molecule has 0 heterocycles. The second-order valence-electron chi connectivity index (χ2n) is 6.09. The molecule has 4 heteroatoms. The van der Waals surface area contributed by atoms with E-state index < -0.39 is 11.0 Å². The van der Waals surface area contributed by atoms with Gasteiger partial charge in [0.15, 0.2) is 0 Å². The average Bonchev–Trinajstić information content (AvgIpc) is 2.28. The Morgan fingerprint density at radius 2 is 1.68 bits per heavy atom. The van der Waals surface area contributed by atoms with Crippen LogP contribution < -0.4 is 11.1 Å². The molecule has 0 aliphatic rings. The van der Waals surface area contributed by atoms with Gasteiger partial charge in [-0.05, 0) is 52.3 Å². The van der Waals surface area contributed by atoms with Gasteiger partial charge in [-0.1, -0.05) is 23.7 Å². The minimum atomic E-state index is -0.645. The molecule has 0 saturated carbocycles. The summed E-state index contributed by atoms with van der Waals surface area (Å²) in [5.41, 5.74) is 5.86. The monoisotopic (exact) mass is 282 g/mol. The summed E-state index contributed by atoms with van der Waals surface area (Å²) in [7, 11) is 0. The van der Waals surface area contributed by atoms with Crippen molar-refractivity contribution >= 4 is 17.5 Å². The van der Waals surface area contributed by atoms with E-state index in [1.807, 2.05) is 58.9 Å². The smallest absolute Gasteiger partial charge is 0.227 e. The highest BCUT2D eigenvalue weighted by Gasteiger charge is 2.40. The van der Waals surface area contributed by atoms with E-state index in [0.717, 1.165) is 5.56 Å². The maximum Gasteiger partial charge on any atom is 0.227 e. The first-order valence-electron chi connectivity index (χ1n) is 6.41. The van der Waals surface area contributed by atoms with Gasteiger partial charge in [0.05, 0.1) is 11.5 Å². The Kier molecular flexibility index (Phi) is 4.64. The molecule has 19 heavy (non-hydrogen) atoms. The van der Waals surface area contributed by atoms with Crippen LogP contribution in [0.15, 0.2) is 24.3 Å². The molecule has 0 aromatic heterocycles.